The number of hydrogen-bond donors (Lipinski definition) is 1. The summed E-state index contributed by atoms with van der Waals surface area (Å²) in [5, 5.41) is 4.36. The molecule has 1 aliphatic heterocycles. The highest BCUT2D eigenvalue weighted by Gasteiger charge is 2.31. The molecule has 0 amide bonds. The largest absolute Gasteiger partial charge is 0.373 e. The average molecular weight is 268 g/mol. The summed E-state index contributed by atoms with van der Waals surface area (Å²) >= 11 is 1.75. The van der Waals surface area contributed by atoms with Gasteiger partial charge in [-0.25, -0.2) is 0 Å². The molecule has 0 radical (unpaired) electrons. The molecule has 0 aromatic carbocycles. The van der Waals surface area contributed by atoms with Crippen molar-refractivity contribution < 1.29 is 4.74 Å². The van der Waals surface area contributed by atoms with Crippen LogP contribution in [0.3, 0.4) is 0 Å². The smallest absolute Gasteiger partial charge is 0.0678 e. The minimum atomic E-state index is 0.192. The van der Waals surface area contributed by atoms with E-state index in [4.69, 9.17) is 10.5 Å². The molecule has 1 fully saturated rings. The highest BCUT2D eigenvalue weighted by Crippen LogP contribution is 2.29. The quantitative estimate of drug-likeness (QED) is 0.912. The fraction of sp³-hybridized carbons (Fsp3) is 0.714. The Balaban J connectivity index is 2.18. The molecule has 0 aliphatic carbocycles. The normalized spacial score (nSPS) is 29.1. The van der Waals surface area contributed by atoms with Crippen LogP contribution in [0.25, 0.3) is 0 Å². The van der Waals surface area contributed by atoms with Gasteiger partial charge in [-0.2, -0.15) is 11.3 Å². The van der Waals surface area contributed by atoms with Crippen molar-refractivity contribution >= 4 is 11.3 Å². The van der Waals surface area contributed by atoms with Gasteiger partial charge >= 0.3 is 0 Å². The fourth-order valence-corrected chi connectivity index (χ4v) is 3.53. The molecule has 1 aromatic heterocycles. The first-order chi connectivity index (χ1) is 8.61. The van der Waals surface area contributed by atoms with Crippen LogP contribution in [0.5, 0.6) is 0 Å². The van der Waals surface area contributed by atoms with Crippen molar-refractivity contribution in [2.75, 3.05) is 13.1 Å². The van der Waals surface area contributed by atoms with E-state index in [9.17, 15) is 0 Å². The van der Waals surface area contributed by atoms with Gasteiger partial charge in [0, 0.05) is 19.1 Å². The molecule has 0 bridgehead atoms. The van der Waals surface area contributed by atoms with Gasteiger partial charge in [0.2, 0.25) is 0 Å². The first-order valence-electron chi connectivity index (χ1n) is 6.79. The first-order valence-corrected chi connectivity index (χ1v) is 7.73. The molecule has 2 N–H and O–H groups in total. The summed E-state index contributed by atoms with van der Waals surface area (Å²) in [5.74, 6) is 0. The number of nitrogens with two attached hydrogens (primary N) is 1. The van der Waals surface area contributed by atoms with Crippen molar-refractivity contribution in [1.82, 2.24) is 4.90 Å². The SMILES string of the molecule is CCC(N)C(c1ccsc1)N1CC(C)OC(C)C1. The molecule has 0 spiro atoms. The van der Waals surface area contributed by atoms with Gasteiger partial charge in [0.25, 0.3) is 0 Å². The van der Waals surface area contributed by atoms with E-state index in [1.165, 1.54) is 5.56 Å². The first kappa shape index (κ1) is 14.0. The topological polar surface area (TPSA) is 38.5 Å². The maximum absolute atomic E-state index is 6.35. The van der Waals surface area contributed by atoms with E-state index in [2.05, 4.69) is 42.5 Å². The van der Waals surface area contributed by atoms with Crippen molar-refractivity contribution in [2.24, 2.45) is 5.73 Å². The Kier molecular flexibility index (Phi) is 4.78. The highest BCUT2D eigenvalue weighted by molar-refractivity contribution is 7.07. The molecule has 1 aliphatic rings. The molecule has 4 atom stereocenters. The van der Waals surface area contributed by atoms with Crippen molar-refractivity contribution in [1.29, 1.82) is 0 Å². The summed E-state index contributed by atoms with van der Waals surface area (Å²) in [6.07, 6.45) is 1.58. The highest BCUT2D eigenvalue weighted by atomic mass is 32.1. The minimum absolute atomic E-state index is 0.192. The molecule has 18 heavy (non-hydrogen) atoms. The van der Waals surface area contributed by atoms with E-state index < -0.39 is 0 Å². The van der Waals surface area contributed by atoms with E-state index in [0.29, 0.717) is 18.2 Å². The van der Waals surface area contributed by atoms with Gasteiger partial charge in [-0.3, -0.25) is 4.90 Å². The Bertz CT molecular complexity index is 345. The average Bonchev–Trinajstić information content (AvgIpc) is 2.81. The van der Waals surface area contributed by atoms with Gasteiger partial charge in [-0.1, -0.05) is 6.92 Å². The van der Waals surface area contributed by atoms with Crippen LogP contribution in [0.1, 0.15) is 38.8 Å². The van der Waals surface area contributed by atoms with E-state index in [1.54, 1.807) is 11.3 Å². The van der Waals surface area contributed by atoms with E-state index >= 15 is 0 Å². The zero-order valence-electron chi connectivity index (χ0n) is 11.5. The standard InChI is InChI=1S/C14H24N2OS/c1-4-13(15)14(12-5-6-18-9-12)16-7-10(2)17-11(3)8-16/h5-6,9-11,13-14H,4,7-8,15H2,1-3H3. The minimum Gasteiger partial charge on any atom is -0.373 e. The molecule has 1 aromatic rings. The van der Waals surface area contributed by atoms with Crippen LogP contribution in [0, 0.1) is 0 Å². The van der Waals surface area contributed by atoms with E-state index in [0.717, 1.165) is 19.5 Å². The van der Waals surface area contributed by atoms with Crippen LogP contribution < -0.4 is 5.73 Å². The second-order valence-electron chi connectivity index (χ2n) is 5.28. The van der Waals surface area contributed by atoms with Crippen LogP contribution >= 0.6 is 11.3 Å². The molecule has 4 heteroatoms. The summed E-state index contributed by atoms with van der Waals surface area (Å²) in [4.78, 5) is 2.50. The molecule has 1 saturated heterocycles. The Morgan fingerprint density at radius 2 is 2.11 bits per heavy atom. The Labute approximate surface area is 114 Å². The van der Waals surface area contributed by atoms with E-state index in [-0.39, 0.29) is 6.04 Å². The number of rotatable bonds is 4. The Morgan fingerprint density at radius 3 is 2.61 bits per heavy atom. The second kappa shape index (κ2) is 6.15. The lowest BCUT2D eigenvalue weighted by molar-refractivity contribution is -0.0838. The van der Waals surface area contributed by atoms with Gasteiger partial charge in [0.05, 0.1) is 18.2 Å². The maximum Gasteiger partial charge on any atom is 0.0678 e. The summed E-state index contributed by atoms with van der Waals surface area (Å²) < 4.78 is 5.82. The zero-order valence-corrected chi connectivity index (χ0v) is 12.3. The van der Waals surface area contributed by atoms with Crippen molar-refractivity contribution in [3.63, 3.8) is 0 Å². The predicted octanol–water partition coefficient (Wildman–Crippen LogP) is 2.64. The van der Waals surface area contributed by atoms with E-state index in [1.807, 2.05) is 0 Å². The summed E-state index contributed by atoms with van der Waals surface area (Å²) in [5.41, 5.74) is 7.71. The van der Waals surface area contributed by atoms with Crippen LogP contribution in [0.2, 0.25) is 0 Å². The third-order valence-corrected chi connectivity index (χ3v) is 4.30. The molecule has 0 saturated carbocycles. The lowest BCUT2D eigenvalue weighted by Crippen LogP contribution is -2.51. The molecule has 3 nitrogen and oxygen atoms in total. The van der Waals surface area contributed by atoms with Crippen molar-refractivity contribution in [2.45, 2.75) is 51.5 Å². The van der Waals surface area contributed by atoms with Crippen LogP contribution in [-0.2, 0) is 4.74 Å². The third-order valence-electron chi connectivity index (χ3n) is 3.60. The van der Waals surface area contributed by atoms with Crippen LogP contribution in [0.15, 0.2) is 16.8 Å². The van der Waals surface area contributed by atoms with Gasteiger partial charge in [0.15, 0.2) is 0 Å². The van der Waals surface area contributed by atoms with Gasteiger partial charge < -0.3 is 10.5 Å². The van der Waals surface area contributed by atoms with Crippen molar-refractivity contribution in [3.05, 3.63) is 22.4 Å². The third kappa shape index (κ3) is 3.12. The number of nitrogens with zero attached hydrogens (tertiary/aromatic N) is 1. The van der Waals surface area contributed by atoms with Gasteiger partial charge in [-0.15, -0.1) is 0 Å². The molecule has 2 heterocycles. The molecular formula is C14H24N2OS. The van der Waals surface area contributed by atoms with Crippen LogP contribution in [-0.4, -0.2) is 36.2 Å². The summed E-state index contributed by atoms with van der Waals surface area (Å²) in [6.45, 7) is 8.39. The Hall–Kier alpha value is -0.420. The number of morpholine rings is 1. The molecule has 102 valence electrons. The fourth-order valence-electron chi connectivity index (χ4n) is 2.84. The molecule has 2 rings (SSSR count). The lowest BCUT2D eigenvalue weighted by atomic mass is 9.97. The zero-order chi connectivity index (χ0) is 13.1. The monoisotopic (exact) mass is 268 g/mol. The maximum atomic E-state index is 6.35. The van der Waals surface area contributed by atoms with Crippen LogP contribution in [0.4, 0.5) is 0 Å². The number of hydrogen-bond acceptors (Lipinski definition) is 4. The second-order valence-corrected chi connectivity index (χ2v) is 6.06. The Morgan fingerprint density at radius 1 is 1.44 bits per heavy atom. The predicted molar refractivity (Wildman–Crippen MR) is 76.9 cm³/mol. The van der Waals surface area contributed by atoms with Crippen molar-refractivity contribution in [3.8, 4) is 0 Å². The summed E-state index contributed by atoms with van der Waals surface area (Å²) in [6, 6.07) is 2.72. The van der Waals surface area contributed by atoms with Gasteiger partial charge in [0.1, 0.15) is 0 Å². The lowest BCUT2D eigenvalue weighted by Gasteiger charge is -2.42. The molecular weight excluding hydrogens is 244 g/mol. The van der Waals surface area contributed by atoms with Gasteiger partial charge in [-0.05, 0) is 42.7 Å². The number of ether oxygens (including phenoxy) is 1. The number of thiophene rings is 1. The summed E-state index contributed by atoms with van der Waals surface area (Å²) in [7, 11) is 0. The molecule has 4 unspecified atom stereocenters.